The van der Waals surface area contributed by atoms with Crippen LogP contribution in [0.25, 0.3) is 0 Å². The van der Waals surface area contributed by atoms with E-state index < -0.39 is 0 Å². The van der Waals surface area contributed by atoms with Crippen molar-refractivity contribution in [3.63, 3.8) is 0 Å². The number of benzene rings is 2. The highest BCUT2D eigenvalue weighted by atomic mass is 35.5. The predicted octanol–water partition coefficient (Wildman–Crippen LogP) is 3.14. The van der Waals surface area contributed by atoms with Crippen LogP contribution in [0.15, 0.2) is 48.5 Å². The molecule has 6 heteroatoms. The van der Waals surface area contributed by atoms with E-state index in [-0.39, 0.29) is 24.4 Å². The van der Waals surface area contributed by atoms with Gasteiger partial charge in [-0.1, -0.05) is 35.9 Å². The van der Waals surface area contributed by atoms with Crippen molar-refractivity contribution >= 4 is 29.1 Å². The topological polar surface area (TPSA) is 70.2 Å². The van der Waals surface area contributed by atoms with Gasteiger partial charge < -0.3 is 16.0 Å². The van der Waals surface area contributed by atoms with Crippen LogP contribution in [0, 0.1) is 0 Å². The summed E-state index contributed by atoms with van der Waals surface area (Å²) >= 11 is 5.83. The van der Waals surface area contributed by atoms with Gasteiger partial charge in [0.25, 0.3) is 0 Å². The van der Waals surface area contributed by atoms with E-state index in [0.29, 0.717) is 18.0 Å². The number of nitrogens with one attached hydrogen (secondary N) is 3. The maximum atomic E-state index is 11.9. The summed E-state index contributed by atoms with van der Waals surface area (Å²) in [4.78, 5) is 23.7. The number of anilines is 1. The van der Waals surface area contributed by atoms with Crippen LogP contribution < -0.4 is 16.0 Å². The lowest BCUT2D eigenvalue weighted by molar-refractivity contribution is -0.121. The average Bonchev–Trinajstić information content (AvgIpc) is 2.60. The molecule has 0 spiro atoms. The van der Waals surface area contributed by atoms with Gasteiger partial charge in [-0.05, 0) is 49.2 Å². The SMILES string of the molecule is CC(C)NC(=O)Cc1ccc(NCC(=O)NCc2ccc(Cl)cc2)cc1. The molecule has 2 amide bonds. The van der Waals surface area contributed by atoms with Gasteiger partial charge in [0.2, 0.25) is 11.8 Å². The third-order valence-corrected chi connectivity index (χ3v) is 3.88. The summed E-state index contributed by atoms with van der Waals surface area (Å²) in [5.41, 5.74) is 2.76. The van der Waals surface area contributed by atoms with Crippen LogP contribution in [0.4, 0.5) is 5.69 Å². The molecule has 0 saturated carbocycles. The number of hydrogen-bond acceptors (Lipinski definition) is 3. The van der Waals surface area contributed by atoms with Gasteiger partial charge in [0.1, 0.15) is 0 Å². The fourth-order valence-electron chi connectivity index (χ4n) is 2.35. The minimum atomic E-state index is -0.0969. The summed E-state index contributed by atoms with van der Waals surface area (Å²) in [7, 11) is 0. The zero-order chi connectivity index (χ0) is 18.9. The van der Waals surface area contributed by atoms with Crippen LogP contribution in [0.5, 0.6) is 0 Å². The number of carbonyl (C=O) groups is 2. The Hall–Kier alpha value is -2.53. The molecule has 0 aliphatic rings. The summed E-state index contributed by atoms with van der Waals surface area (Å²) in [5, 5.41) is 9.45. The summed E-state index contributed by atoms with van der Waals surface area (Å²) in [5.74, 6) is -0.0948. The van der Waals surface area contributed by atoms with E-state index in [1.165, 1.54) is 0 Å². The van der Waals surface area contributed by atoms with Crippen molar-refractivity contribution in [2.75, 3.05) is 11.9 Å². The molecule has 0 radical (unpaired) electrons. The first kappa shape index (κ1) is 19.8. The first-order chi connectivity index (χ1) is 12.4. The van der Waals surface area contributed by atoms with Crippen LogP contribution >= 0.6 is 11.6 Å². The van der Waals surface area contributed by atoms with Crippen molar-refractivity contribution in [2.45, 2.75) is 32.9 Å². The van der Waals surface area contributed by atoms with Gasteiger partial charge in [0.05, 0.1) is 13.0 Å². The Balaban J connectivity index is 1.73. The minimum Gasteiger partial charge on any atom is -0.376 e. The Morgan fingerprint density at radius 3 is 2.15 bits per heavy atom. The minimum absolute atomic E-state index is 0.00212. The number of amides is 2. The first-order valence-electron chi connectivity index (χ1n) is 8.55. The van der Waals surface area contributed by atoms with E-state index in [4.69, 9.17) is 11.6 Å². The molecule has 3 N–H and O–H groups in total. The molecule has 0 bridgehead atoms. The van der Waals surface area contributed by atoms with Crippen LogP contribution in [0.1, 0.15) is 25.0 Å². The lowest BCUT2D eigenvalue weighted by Gasteiger charge is -2.10. The van der Waals surface area contributed by atoms with Gasteiger partial charge in [0, 0.05) is 23.3 Å². The van der Waals surface area contributed by atoms with E-state index in [0.717, 1.165) is 16.8 Å². The van der Waals surface area contributed by atoms with Crippen LogP contribution in [-0.4, -0.2) is 24.4 Å². The molecule has 0 aromatic heterocycles. The van der Waals surface area contributed by atoms with Crippen LogP contribution in [0.2, 0.25) is 5.02 Å². The lowest BCUT2D eigenvalue weighted by Crippen LogP contribution is -2.31. The van der Waals surface area contributed by atoms with E-state index in [1.807, 2.05) is 50.2 Å². The number of halogens is 1. The number of rotatable bonds is 8. The molecule has 0 aliphatic carbocycles. The monoisotopic (exact) mass is 373 g/mol. The first-order valence-corrected chi connectivity index (χ1v) is 8.93. The molecule has 0 aliphatic heterocycles. The van der Waals surface area contributed by atoms with E-state index >= 15 is 0 Å². The van der Waals surface area contributed by atoms with Gasteiger partial charge in [-0.25, -0.2) is 0 Å². The van der Waals surface area contributed by atoms with Crippen molar-refractivity contribution < 1.29 is 9.59 Å². The number of hydrogen-bond donors (Lipinski definition) is 3. The van der Waals surface area contributed by atoms with E-state index in [2.05, 4.69) is 16.0 Å². The second kappa shape index (κ2) is 9.82. The molecule has 2 aromatic rings. The third-order valence-electron chi connectivity index (χ3n) is 3.62. The van der Waals surface area contributed by atoms with Crippen molar-refractivity contribution in [3.05, 3.63) is 64.7 Å². The molecule has 2 aromatic carbocycles. The van der Waals surface area contributed by atoms with Crippen molar-refractivity contribution in [3.8, 4) is 0 Å². The zero-order valence-electron chi connectivity index (χ0n) is 15.0. The highest BCUT2D eigenvalue weighted by Gasteiger charge is 2.05. The zero-order valence-corrected chi connectivity index (χ0v) is 15.8. The van der Waals surface area contributed by atoms with Gasteiger partial charge in [-0.3, -0.25) is 9.59 Å². The molecular formula is C20H24ClN3O2. The van der Waals surface area contributed by atoms with Crippen molar-refractivity contribution in [1.29, 1.82) is 0 Å². The molecule has 0 unspecified atom stereocenters. The molecule has 26 heavy (non-hydrogen) atoms. The third kappa shape index (κ3) is 7.15. The Kier molecular flexibility index (Phi) is 7.48. The molecule has 2 rings (SSSR count). The fraction of sp³-hybridized carbons (Fsp3) is 0.300. The second-order valence-electron chi connectivity index (χ2n) is 6.35. The number of carbonyl (C=O) groups excluding carboxylic acids is 2. The summed E-state index contributed by atoms with van der Waals surface area (Å²) in [6, 6.07) is 15.0. The van der Waals surface area contributed by atoms with Gasteiger partial charge in [0.15, 0.2) is 0 Å². The maximum absolute atomic E-state index is 11.9. The Morgan fingerprint density at radius 2 is 1.54 bits per heavy atom. The second-order valence-corrected chi connectivity index (χ2v) is 6.79. The maximum Gasteiger partial charge on any atom is 0.239 e. The Labute approximate surface area is 159 Å². The normalized spacial score (nSPS) is 10.5. The fourth-order valence-corrected chi connectivity index (χ4v) is 2.47. The van der Waals surface area contributed by atoms with Crippen LogP contribution in [-0.2, 0) is 22.6 Å². The molecule has 0 atom stereocenters. The van der Waals surface area contributed by atoms with E-state index in [9.17, 15) is 9.59 Å². The standard InChI is InChI=1S/C20H24ClN3O2/c1-14(2)24-19(25)11-15-5-9-18(10-6-15)22-13-20(26)23-12-16-3-7-17(21)8-4-16/h3-10,14,22H,11-13H2,1-2H3,(H,23,26)(H,24,25). The highest BCUT2D eigenvalue weighted by molar-refractivity contribution is 6.30. The smallest absolute Gasteiger partial charge is 0.239 e. The van der Waals surface area contributed by atoms with Gasteiger partial charge in [-0.15, -0.1) is 0 Å². The van der Waals surface area contributed by atoms with Gasteiger partial charge in [-0.2, -0.15) is 0 Å². The molecule has 0 saturated heterocycles. The molecular weight excluding hydrogens is 350 g/mol. The quantitative estimate of drug-likeness (QED) is 0.665. The average molecular weight is 374 g/mol. The molecule has 5 nitrogen and oxygen atoms in total. The van der Waals surface area contributed by atoms with Crippen molar-refractivity contribution in [2.24, 2.45) is 0 Å². The lowest BCUT2D eigenvalue weighted by atomic mass is 10.1. The largest absolute Gasteiger partial charge is 0.376 e. The van der Waals surface area contributed by atoms with Crippen LogP contribution in [0.3, 0.4) is 0 Å². The summed E-state index contributed by atoms with van der Waals surface area (Å²) < 4.78 is 0. The Morgan fingerprint density at radius 1 is 0.923 bits per heavy atom. The Bertz CT molecular complexity index is 728. The summed E-state index contributed by atoms with van der Waals surface area (Å²) in [6.07, 6.45) is 0.347. The van der Waals surface area contributed by atoms with Crippen molar-refractivity contribution in [1.82, 2.24) is 10.6 Å². The summed E-state index contributed by atoms with van der Waals surface area (Å²) in [6.45, 7) is 4.51. The molecule has 138 valence electrons. The van der Waals surface area contributed by atoms with E-state index in [1.54, 1.807) is 12.1 Å². The predicted molar refractivity (Wildman–Crippen MR) is 105 cm³/mol. The molecule has 0 fully saturated rings. The highest BCUT2D eigenvalue weighted by Crippen LogP contribution is 2.10. The van der Waals surface area contributed by atoms with Gasteiger partial charge >= 0.3 is 0 Å². The molecule has 0 heterocycles.